The highest BCUT2D eigenvalue weighted by molar-refractivity contribution is 6.32. The Morgan fingerprint density at radius 2 is 1.97 bits per heavy atom. The second kappa shape index (κ2) is 9.55. The molecule has 1 aliphatic heterocycles. The topological polar surface area (TPSA) is 80.6 Å². The van der Waals surface area contributed by atoms with Crippen LogP contribution in [0.15, 0.2) is 36.7 Å². The number of aromatic nitrogens is 5. The van der Waals surface area contributed by atoms with Crippen molar-refractivity contribution < 1.29 is 13.2 Å². The maximum Gasteiger partial charge on any atom is 0.225 e. The lowest BCUT2D eigenvalue weighted by Gasteiger charge is -2.24. The van der Waals surface area contributed by atoms with Crippen LogP contribution in [0.3, 0.4) is 0 Å². The molecule has 0 amide bonds. The number of piperidine rings is 1. The van der Waals surface area contributed by atoms with Gasteiger partial charge in [-0.1, -0.05) is 17.7 Å². The molecule has 5 rings (SSSR count). The Bertz CT molecular complexity index is 1340. The number of hydrogen-bond acceptors (Lipinski definition) is 6. The zero-order chi connectivity index (χ0) is 23.7. The van der Waals surface area contributed by atoms with Gasteiger partial charge in [0.05, 0.1) is 18.0 Å². The van der Waals surface area contributed by atoms with Crippen molar-refractivity contribution in [1.82, 2.24) is 29.8 Å². The molecule has 0 bridgehead atoms. The standard InChI is InChI=1S/C23H21ClF3N7/c24-20-16(7-15(25)10-29-20)21-32-19-11-31-23(30-9-13-3-4-17(26)18(27)6-13)33-22(19)34(21)12-14-2-1-5-28-8-14/h3-4,6-7,10-11,14,28H,1-2,5,8-9,12H2,(H,30,31,33)/t14-/m1/s1. The van der Waals surface area contributed by atoms with Gasteiger partial charge < -0.3 is 15.2 Å². The molecule has 1 aliphatic rings. The molecule has 0 aliphatic carbocycles. The zero-order valence-electron chi connectivity index (χ0n) is 18.0. The summed E-state index contributed by atoms with van der Waals surface area (Å²) in [5.74, 6) is -1.24. The summed E-state index contributed by atoms with van der Waals surface area (Å²) in [5.41, 5.74) is 2.00. The van der Waals surface area contributed by atoms with Gasteiger partial charge in [-0.3, -0.25) is 0 Å². The van der Waals surface area contributed by atoms with Gasteiger partial charge in [-0.25, -0.2) is 28.1 Å². The van der Waals surface area contributed by atoms with E-state index in [1.807, 2.05) is 4.57 Å². The minimum absolute atomic E-state index is 0.143. The molecule has 4 heterocycles. The van der Waals surface area contributed by atoms with Crippen molar-refractivity contribution >= 4 is 28.7 Å². The van der Waals surface area contributed by atoms with E-state index < -0.39 is 17.5 Å². The van der Waals surface area contributed by atoms with Crippen molar-refractivity contribution in [2.75, 3.05) is 18.4 Å². The number of nitrogens with one attached hydrogen (secondary N) is 2. The maximum absolute atomic E-state index is 14.0. The Morgan fingerprint density at radius 1 is 1.09 bits per heavy atom. The Kier molecular flexibility index (Phi) is 6.34. The minimum Gasteiger partial charge on any atom is -0.350 e. The summed E-state index contributed by atoms with van der Waals surface area (Å²) in [7, 11) is 0. The van der Waals surface area contributed by atoms with Gasteiger partial charge >= 0.3 is 0 Å². The molecular formula is C23H21ClF3N7. The average molecular weight is 488 g/mol. The molecule has 34 heavy (non-hydrogen) atoms. The minimum atomic E-state index is -0.917. The molecule has 1 fully saturated rings. The van der Waals surface area contributed by atoms with Crippen molar-refractivity contribution in [2.45, 2.75) is 25.9 Å². The summed E-state index contributed by atoms with van der Waals surface area (Å²) < 4.78 is 42.6. The summed E-state index contributed by atoms with van der Waals surface area (Å²) in [6.07, 6.45) is 4.72. The maximum atomic E-state index is 14.0. The Hall–Kier alpha value is -3.24. The van der Waals surface area contributed by atoms with Crippen LogP contribution in [-0.4, -0.2) is 37.6 Å². The summed E-state index contributed by atoms with van der Waals surface area (Å²) in [6, 6.07) is 4.99. The molecule has 4 aromatic rings. The molecule has 0 saturated carbocycles. The van der Waals surface area contributed by atoms with Crippen LogP contribution in [0.2, 0.25) is 5.15 Å². The lowest BCUT2D eigenvalue weighted by atomic mass is 9.99. The van der Waals surface area contributed by atoms with E-state index in [4.69, 9.17) is 11.6 Å². The summed E-state index contributed by atoms with van der Waals surface area (Å²) in [4.78, 5) is 17.5. The highest BCUT2D eigenvalue weighted by Gasteiger charge is 2.22. The molecule has 1 aromatic carbocycles. The van der Waals surface area contributed by atoms with E-state index in [1.54, 1.807) is 6.20 Å². The van der Waals surface area contributed by atoms with Crippen LogP contribution in [0.4, 0.5) is 19.1 Å². The van der Waals surface area contributed by atoms with Gasteiger partial charge in [0.15, 0.2) is 17.3 Å². The van der Waals surface area contributed by atoms with Crippen molar-refractivity contribution in [3.8, 4) is 11.4 Å². The number of halogens is 4. The fourth-order valence-corrected chi connectivity index (χ4v) is 4.32. The molecule has 176 valence electrons. The first-order valence-electron chi connectivity index (χ1n) is 10.9. The first kappa shape index (κ1) is 22.5. The molecule has 1 saturated heterocycles. The van der Waals surface area contributed by atoms with Crippen LogP contribution in [0, 0.1) is 23.4 Å². The van der Waals surface area contributed by atoms with Crippen LogP contribution < -0.4 is 10.6 Å². The zero-order valence-corrected chi connectivity index (χ0v) is 18.8. The van der Waals surface area contributed by atoms with Crippen LogP contribution in [0.1, 0.15) is 18.4 Å². The van der Waals surface area contributed by atoms with Gasteiger partial charge in [0.2, 0.25) is 5.95 Å². The Morgan fingerprint density at radius 3 is 2.76 bits per heavy atom. The number of rotatable bonds is 6. The predicted octanol–water partition coefficient (Wildman–Crippen LogP) is 4.57. The van der Waals surface area contributed by atoms with Crippen LogP contribution in [0.25, 0.3) is 22.6 Å². The van der Waals surface area contributed by atoms with E-state index in [-0.39, 0.29) is 11.7 Å². The summed E-state index contributed by atoms with van der Waals surface area (Å²) in [5, 5.41) is 6.58. The van der Waals surface area contributed by atoms with Gasteiger partial charge in [-0.2, -0.15) is 4.98 Å². The average Bonchev–Trinajstić information content (AvgIpc) is 3.19. The smallest absolute Gasteiger partial charge is 0.225 e. The van der Waals surface area contributed by atoms with E-state index in [1.165, 1.54) is 12.1 Å². The molecule has 0 radical (unpaired) electrons. The van der Waals surface area contributed by atoms with E-state index in [2.05, 4.69) is 30.6 Å². The lowest BCUT2D eigenvalue weighted by molar-refractivity contribution is 0.341. The summed E-state index contributed by atoms with van der Waals surface area (Å²) in [6.45, 7) is 2.63. The predicted molar refractivity (Wildman–Crippen MR) is 123 cm³/mol. The quantitative estimate of drug-likeness (QED) is 0.388. The van der Waals surface area contributed by atoms with E-state index in [0.29, 0.717) is 46.5 Å². The third kappa shape index (κ3) is 4.69. The number of imidazole rings is 1. The summed E-state index contributed by atoms with van der Waals surface area (Å²) >= 11 is 6.30. The second-order valence-electron chi connectivity index (χ2n) is 8.25. The molecule has 0 spiro atoms. The molecule has 1 atom stereocenters. The highest BCUT2D eigenvalue weighted by Crippen LogP contribution is 2.30. The third-order valence-corrected chi connectivity index (χ3v) is 6.11. The number of hydrogen-bond donors (Lipinski definition) is 2. The van der Waals surface area contributed by atoms with Crippen molar-refractivity contribution in [2.24, 2.45) is 5.92 Å². The van der Waals surface area contributed by atoms with Gasteiger partial charge in [0, 0.05) is 13.1 Å². The van der Waals surface area contributed by atoms with Gasteiger partial charge in [-0.05, 0) is 55.6 Å². The van der Waals surface area contributed by atoms with E-state index >= 15 is 0 Å². The van der Waals surface area contributed by atoms with Crippen molar-refractivity contribution in [3.05, 3.63) is 64.8 Å². The fraction of sp³-hybridized carbons (Fsp3) is 0.304. The largest absolute Gasteiger partial charge is 0.350 e. The molecule has 0 unspecified atom stereocenters. The number of nitrogens with zero attached hydrogens (tertiary/aromatic N) is 5. The van der Waals surface area contributed by atoms with Crippen LogP contribution >= 0.6 is 11.6 Å². The lowest BCUT2D eigenvalue weighted by Crippen LogP contribution is -2.32. The number of anilines is 1. The molecule has 7 nitrogen and oxygen atoms in total. The molecule has 3 aromatic heterocycles. The monoisotopic (exact) mass is 487 g/mol. The van der Waals surface area contributed by atoms with Gasteiger partial charge in [0.25, 0.3) is 0 Å². The Labute approximate surface area is 198 Å². The van der Waals surface area contributed by atoms with Crippen molar-refractivity contribution in [1.29, 1.82) is 0 Å². The van der Waals surface area contributed by atoms with Crippen LogP contribution in [0.5, 0.6) is 0 Å². The third-order valence-electron chi connectivity index (χ3n) is 5.81. The second-order valence-corrected chi connectivity index (χ2v) is 8.61. The molecule has 2 N–H and O–H groups in total. The molecular weight excluding hydrogens is 467 g/mol. The number of pyridine rings is 1. The van der Waals surface area contributed by atoms with Crippen molar-refractivity contribution in [3.63, 3.8) is 0 Å². The number of fused-ring (bicyclic) bond motifs is 1. The first-order valence-corrected chi connectivity index (χ1v) is 11.3. The van der Waals surface area contributed by atoms with E-state index in [9.17, 15) is 13.2 Å². The highest BCUT2D eigenvalue weighted by atomic mass is 35.5. The normalized spacial score (nSPS) is 16.2. The van der Waals surface area contributed by atoms with E-state index in [0.717, 1.165) is 44.3 Å². The van der Waals surface area contributed by atoms with Crippen LogP contribution in [-0.2, 0) is 13.1 Å². The van der Waals surface area contributed by atoms with Gasteiger partial charge in [-0.15, -0.1) is 0 Å². The fourth-order valence-electron chi connectivity index (χ4n) is 4.13. The first-order chi connectivity index (χ1) is 16.5. The van der Waals surface area contributed by atoms with Gasteiger partial charge in [0.1, 0.15) is 22.3 Å². The SMILES string of the molecule is Fc1cnc(Cl)c(-c2nc3cnc(NCc4ccc(F)c(F)c4)nc3n2C[C@@H]2CCCNC2)c1. The Balaban J connectivity index is 1.51. The molecule has 11 heteroatoms. The number of benzene rings is 1.